The first-order valence-electron chi connectivity index (χ1n) is 5.31. The summed E-state index contributed by atoms with van der Waals surface area (Å²) in [5.41, 5.74) is 0. The summed E-state index contributed by atoms with van der Waals surface area (Å²) in [5, 5.41) is 10.3. The van der Waals surface area contributed by atoms with Gasteiger partial charge < -0.3 is 5.11 Å². The lowest BCUT2D eigenvalue weighted by atomic mass is 10.0. The van der Waals surface area contributed by atoms with Gasteiger partial charge >= 0.3 is 0 Å². The molecule has 2 heteroatoms. The normalized spacial score (nSPS) is 18.3. The molecule has 0 atom stereocenters. The van der Waals surface area contributed by atoms with E-state index in [9.17, 15) is 5.11 Å². The van der Waals surface area contributed by atoms with Gasteiger partial charge in [-0.25, -0.2) is 0 Å². The maximum atomic E-state index is 9.62. The Morgan fingerprint density at radius 1 is 1.07 bits per heavy atom. The second-order valence-corrected chi connectivity index (χ2v) is 5.19. The molecule has 1 aromatic carbocycles. The lowest BCUT2D eigenvalue weighted by Gasteiger charge is -2.21. The van der Waals surface area contributed by atoms with Crippen molar-refractivity contribution in [2.75, 3.05) is 0 Å². The third kappa shape index (κ3) is 2.44. The molecule has 2 rings (SSSR count). The molecule has 0 radical (unpaired) electrons. The van der Waals surface area contributed by atoms with Gasteiger partial charge in [-0.15, -0.1) is 11.8 Å². The molecule has 1 aliphatic rings. The number of phenols is 1. The van der Waals surface area contributed by atoms with Crippen LogP contribution < -0.4 is 0 Å². The van der Waals surface area contributed by atoms with Crippen LogP contribution in [-0.4, -0.2) is 10.4 Å². The molecule has 76 valence electrons. The van der Waals surface area contributed by atoms with Crippen LogP contribution >= 0.6 is 11.8 Å². The standard InChI is InChI=1S/C12H16OS/c13-11-8-4-5-9-12(11)14-10-6-2-1-3-7-10/h4-5,8-10,13H,1-3,6-7H2. The molecule has 1 N–H and O–H groups in total. The van der Waals surface area contributed by atoms with Crippen LogP contribution in [0, 0.1) is 0 Å². The van der Waals surface area contributed by atoms with E-state index in [1.807, 2.05) is 30.0 Å². The van der Waals surface area contributed by atoms with Crippen LogP contribution in [0.25, 0.3) is 0 Å². The van der Waals surface area contributed by atoms with Crippen molar-refractivity contribution in [3.05, 3.63) is 24.3 Å². The van der Waals surface area contributed by atoms with Crippen LogP contribution in [0.1, 0.15) is 32.1 Å². The molecule has 0 aromatic heterocycles. The Morgan fingerprint density at radius 2 is 1.79 bits per heavy atom. The molecule has 0 spiro atoms. The molecule has 0 aliphatic heterocycles. The molecule has 1 aliphatic carbocycles. The highest BCUT2D eigenvalue weighted by Crippen LogP contribution is 2.37. The third-order valence-electron chi connectivity index (χ3n) is 2.71. The van der Waals surface area contributed by atoms with Gasteiger partial charge in [-0.1, -0.05) is 31.4 Å². The summed E-state index contributed by atoms with van der Waals surface area (Å²) in [7, 11) is 0. The monoisotopic (exact) mass is 208 g/mol. The molecule has 1 saturated carbocycles. The fraction of sp³-hybridized carbons (Fsp3) is 0.500. The maximum absolute atomic E-state index is 9.62. The number of aromatic hydroxyl groups is 1. The van der Waals surface area contributed by atoms with E-state index in [4.69, 9.17) is 0 Å². The SMILES string of the molecule is Oc1ccccc1SC1CCCCC1. The van der Waals surface area contributed by atoms with Crippen LogP contribution in [0.3, 0.4) is 0 Å². The number of benzene rings is 1. The molecule has 1 aromatic rings. The van der Waals surface area contributed by atoms with Crippen molar-refractivity contribution in [1.82, 2.24) is 0 Å². The van der Waals surface area contributed by atoms with Gasteiger partial charge in [0.1, 0.15) is 5.75 Å². The van der Waals surface area contributed by atoms with Gasteiger partial charge in [0.2, 0.25) is 0 Å². The van der Waals surface area contributed by atoms with Crippen LogP contribution in [0.4, 0.5) is 0 Å². The number of phenolic OH excluding ortho intramolecular Hbond substituents is 1. The van der Waals surface area contributed by atoms with Crippen LogP contribution in [0.15, 0.2) is 29.2 Å². The van der Waals surface area contributed by atoms with E-state index in [1.54, 1.807) is 6.07 Å². The summed E-state index contributed by atoms with van der Waals surface area (Å²) in [6.45, 7) is 0. The molecule has 1 nitrogen and oxygen atoms in total. The van der Waals surface area contributed by atoms with E-state index in [-0.39, 0.29) is 0 Å². The number of para-hydroxylation sites is 1. The molecule has 0 heterocycles. The summed E-state index contributed by atoms with van der Waals surface area (Å²) in [5.74, 6) is 0.433. The quantitative estimate of drug-likeness (QED) is 0.797. The van der Waals surface area contributed by atoms with E-state index < -0.39 is 0 Å². The average Bonchev–Trinajstić information content (AvgIpc) is 2.23. The average molecular weight is 208 g/mol. The van der Waals surface area contributed by atoms with E-state index >= 15 is 0 Å². The molecule has 0 bridgehead atoms. The first-order chi connectivity index (χ1) is 6.86. The Labute approximate surface area is 89.5 Å². The second-order valence-electron chi connectivity index (χ2n) is 3.85. The van der Waals surface area contributed by atoms with Crippen LogP contribution in [0.2, 0.25) is 0 Å². The van der Waals surface area contributed by atoms with Gasteiger partial charge in [0, 0.05) is 10.1 Å². The zero-order valence-electron chi connectivity index (χ0n) is 8.28. The van der Waals surface area contributed by atoms with Crippen molar-refractivity contribution in [2.24, 2.45) is 0 Å². The fourth-order valence-electron chi connectivity index (χ4n) is 1.92. The first-order valence-corrected chi connectivity index (χ1v) is 6.19. The Kier molecular flexibility index (Phi) is 3.35. The molecule has 0 amide bonds. The van der Waals surface area contributed by atoms with Gasteiger partial charge in [-0.05, 0) is 25.0 Å². The van der Waals surface area contributed by atoms with Gasteiger partial charge in [-0.3, -0.25) is 0 Å². The Hall–Kier alpha value is -0.630. The summed E-state index contributed by atoms with van der Waals surface area (Å²) in [4.78, 5) is 1.04. The number of rotatable bonds is 2. The van der Waals surface area contributed by atoms with Gasteiger partial charge in [0.15, 0.2) is 0 Å². The van der Waals surface area contributed by atoms with E-state index in [2.05, 4.69) is 0 Å². The van der Waals surface area contributed by atoms with Crippen molar-refractivity contribution >= 4 is 11.8 Å². The van der Waals surface area contributed by atoms with Gasteiger partial charge in [-0.2, -0.15) is 0 Å². The Balaban J connectivity index is 1.99. The first kappa shape index (κ1) is 9.91. The minimum atomic E-state index is 0.433. The summed E-state index contributed by atoms with van der Waals surface area (Å²) in [6, 6.07) is 7.64. The minimum absolute atomic E-state index is 0.433. The molecule has 0 saturated heterocycles. The molecule has 1 fully saturated rings. The lowest BCUT2D eigenvalue weighted by molar-refractivity contribution is 0.461. The van der Waals surface area contributed by atoms with Crippen molar-refractivity contribution in [2.45, 2.75) is 42.2 Å². The van der Waals surface area contributed by atoms with Crippen molar-refractivity contribution in [3.8, 4) is 5.75 Å². The predicted molar refractivity (Wildman–Crippen MR) is 60.8 cm³/mol. The maximum Gasteiger partial charge on any atom is 0.129 e. The number of hydrogen-bond donors (Lipinski definition) is 1. The Morgan fingerprint density at radius 3 is 2.50 bits per heavy atom. The number of thioether (sulfide) groups is 1. The molecular formula is C12H16OS. The molecule has 14 heavy (non-hydrogen) atoms. The molecule has 0 unspecified atom stereocenters. The summed E-state index contributed by atoms with van der Waals surface area (Å²) < 4.78 is 0. The van der Waals surface area contributed by atoms with Gasteiger partial charge in [0.25, 0.3) is 0 Å². The van der Waals surface area contributed by atoms with E-state index in [0.29, 0.717) is 5.75 Å². The van der Waals surface area contributed by atoms with Gasteiger partial charge in [0.05, 0.1) is 0 Å². The lowest BCUT2D eigenvalue weighted by Crippen LogP contribution is -2.07. The largest absolute Gasteiger partial charge is 0.507 e. The fourth-order valence-corrected chi connectivity index (χ4v) is 3.19. The smallest absolute Gasteiger partial charge is 0.129 e. The van der Waals surface area contributed by atoms with Crippen molar-refractivity contribution in [1.29, 1.82) is 0 Å². The predicted octanol–water partition coefficient (Wildman–Crippen LogP) is 3.82. The Bertz CT molecular complexity index is 292. The van der Waals surface area contributed by atoms with E-state index in [1.165, 1.54) is 32.1 Å². The zero-order valence-corrected chi connectivity index (χ0v) is 9.09. The highest BCUT2D eigenvalue weighted by atomic mass is 32.2. The topological polar surface area (TPSA) is 20.2 Å². The highest BCUT2D eigenvalue weighted by molar-refractivity contribution is 8.00. The van der Waals surface area contributed by atoms with Crippen molar-refractivity contribution < 1.29 is 5.11 Å². The third-order valence-corrected chi connectivity index (χ3v) is 4.11. The van der Waals surface area contributed by atoms with E-state index in [0.717, 1.165) is 10.1 Å². The van der Waals surface area contributed by atoms with Crippen LogP contribution in [-0.2, 0) is 0 Å². The summed E-state index contributed by atoms with van der Waals surface area (Å²) >= 11 is 1.84. The minimum Gasteiger partial charge on any atom is -0.507 e. The zero-order chi connectivity index (χ0) is 9.80. The highest BCUT2D eigenvalue weighted by Gasteiger charge is 2.15. The summed E-state index contributed by atoms with van der Waals surface area (Å²) in [6.07, 6.45) is 6.70. The van der Waals surface area contributed by atoms with Crippen LogP contribution in [0.5, 0.6) is 5.75 Å². The molecular weight excluding hydrogens is 192 g/mol. The number of hydrogen-bond acceptors (Lipinski definition) is 2. The van der Waals surface area contributed by atoms with Crippen molar-refractivity contribution in [3.63, 3.8) is 0 Å². The second kappa shape index (κ2) is 4.74.